The third-order valence-electron chi connectivity index (χ3n) is 1.21. The van der Waals surface area contributed by atoms with Gasteiger partial charge in [0.1, 0.15) is 6.10 Å². The Labute approximate surface area is 65.9 Å². The Morgan fingerprint density at radius 3 is 2.70 bits per heavy atom. The predicted molar refractivity (Wildman–Crippen MR) is 37.7 cm³/mol. The van der Waals surface area contributed by atoms with Gasteiger partial charge >= 0.3 is 6.09 Å². The van der Waals surface area contributed by atoms with Crippen molar-refractivity contribution in [2.45, 2.75) is 6.10 Å². The van der Waals surface area contributed by atoms with Crippen molar-refractivity contribution in [3.05, 3.63) is 10.7 Å². The van der Waals surface area contributed by atoms with Crippen molar-refractivity contribution < 1.29 is 15.0 Å². The van der Waals surface area contributed by atoms with E-state index in [1.54, 1.807) is 0 Å². The van der Waals surface area contributed by atoms with Gasteiger partial charge in [-0.25, -0.2) is 4.79 Å². The number of amides is 1. The summed E-state index contributed by atoms with van der Waals surface area (Å²) in [6.45, 7) is 0.121. The second kappa shape index (κ2) is 2.59. The maximum Gasteiger partial charge on any atom is 0.411 e. The van der Waals surface area contributed by atoms with E-state index >= 15 is 0 Å². The van der Waals surface area contributed by atoms with Crippen LogP contribution in [0.5, 0.6) is 0 Å². The Morgan fingerprint density at radius 1 is 1.90 bits per heavy atom. The lowest BCUT2D eigenvalue weighted by Gasteiger charge is -2.07. The van der Waals surface area contributed by atoms with Gasteiger partial charge in [0, 0.05) is 10.7 Å². The predicted octanol–water partition coefficient (Wildman–Crippen LogP) is 0.577. The van der Waals surface area contributed by atoms with E-state index in [9.17, 15) is 4.79 Å². The molecular formula is C5H6BrNO3. The molecule has 0 saturated heterocycles. The largest absolute Gasteiger partial charge is 0.465 e. The Kier molecular flexibility index (Phi) is 1.96. The fraction of sp³-hybridized carbons (Fsp3) is 0.400. The molecule has 4 nitrogen and oxygen atoms in total. The lowest BCUT2D eigenvalue weighted by Crippen LogP contribution is -2.25. The highest BCUT2D eigenvalue weighted by atomic mass is 79.9. The average Bonchev–Trinajstić information content (AvgIpc) is 2.13. The first kappa shape index (κ1) is 7.56. The minimum atomic E-state index is -1.05. The quantitative estimate of drug-likeness (QED) is 0.611. The summed E-state index contributed by atoms with van der Waals surface area (Å²) in [5.41, 5.74) is 0. The van der Waals surface area contributed by atoms with Gasteiger partial charge in [0.2, 0.25) is 0 Å². The number of β-amino-alcohol motifs (C(OH)–C–C–N with tert-alkyl or cyclic N) is 1. The summed E-state index contributed by atoms with van der Waals surface area (Å²) in [7, 11) is 0. The van der Waals surface area contributed by atoms with E-state index in [0.29, 0.717) is 4.48 Å². The zero-order valence-corrected chi connectivity index (χ0v) is 6.58. The Bertz CT molecular complexity index is 191. The second-order valence-electron chi connectivity index (χ2n) is 1.96. The molecule has 0 aliphatic carbocycles. The molecule has 1 amide bonds. The van der Waals surface area contributed by atoms with Gasteiger partial charge in [0.05, 0.1) is 6.54 Å². The van der Waals surface area contributed by atoms with Crippen LogP contribution in [0.4, 0.5) is 4.79 Å². The highest BCUT2D eigenvalue weighted by Gasteiger charge is 2.23. The molecule has 56 valence electrons. The minimum absolute atomic E-state index is 0.121. The number of hydrogen-bond donors (Lipinski definition) is 2. The normalized spacial score (nSPS) is 24.8. The highest BCUT2D eigenvalue weighted by Crippen LogP contribution is 2.19. The van der Waals surface area contributed by atoms with Crippen LogP contribution in [0.1, 0.15) is 0 Å². The van der Waals surface area contributed by atoms with Crippen LogP contribution in [0.15, 0.2) is 10.7 Å². The molecule has 0 aromatic carbocycles. The summed E-state index contributed by atoms with van der Waals surface area (Å²) in [5, 5.41) is 17.4. The molecule has 1 rings (SSSR count). The molecule has 1 unspecified atom stereocenters. The molecule has 1 heterocycles. The molecule has 0 aromatic rings. The number of nitrogens with zero attached hydrogens (tertiary/aromatic N) is 1. The molecule has 0 spiro atoms. The lowest BCUT2D eigenvalue weighted by atomic mass is 10.4. The van der Waals surface area contributed by atoms with Crippen LogP contribution in [0.25, 0.3) is 0 Å². The monoisotopic (exact) mass is 207 g/mol. The van der Waals surface area contributed by atoms with E-state index in [1.165, 1.54) is 6.20 Å². The molecule has 2 N–H and O–H groups in total. The van der Waals surface area contributed by atoms with E-state index < -0.39 is 12.2 Å². The number of rotatable bonds is 0. The molecule has 1 atom stereocenters. The van der Waals surface area contributed by atoms with E-state index in [2.05, 4.69) is 15.9 Å². The van der Waals surface area contributed by atoms with Crippen molar-refractivity contribution in [2.75, 3.05) is 6.54 Å². The van der Waals surface area contributed by atoms with E-state index in [4.69, 9.17) is 10.2 Å². The first-order chi connectivity index (χ1) is 4.61. The van der Waals surface area contributed by atoms with Gasteiger partial charge in [-0.2, -0.15) is 0 Å². The molecule has 0 saturated carbocycles. The summed E-state index contributed by atoms with van der Waals surface area (Å²) >= 11 is 3.02. The van der Waals surface area contributed by atoms with Crippen molar-refractivity contribution >= 4 is 22.0 Å². The molecule has 1 aliphatic rings. The van der Waals surface area contributed by atoms with Crippen LogP contribution in [-0.2, 0) is 0 Å². The number of aliphatic hydroxyl groups excluding tert-OH is 1. The molecule has 0 radical (unpaired) electrons. The third-order valence-corrected chi connectivity index (χ3v) is 1.95. The van der Waals surface area contributed by atoms with Crippen molar-refractivity contribution in [2.24, 2.45) is 0 Å². The third kappa shape index (κ3) is 1.30. The second-order valence-corrected chi connectivity index (χ2v) is 2.88. The molecule has 10 heavy (non-hydrogen) atoms. The highest BCUT2D eigenvalue weighted by molar-refractivity contribution is 9.11. The summed E-state index contributed by atoms with van der Waals surface area (Å²) < 4.78 is 0.509. The fourth-order valence-corrected chi connectivity index (χ4v) is 1.09. The first-order valence-corrected chi connectivity index (χ1v) is 3.45. The molecule has 1 aliphatic heterocycles. The van der Waals surface area contributed by atoms with Gasteiger partial charge in [0.15, 0.2) is 0 Å². The van der Waals surface area contributed by atoms with Gasteiger partial charge in [-0.1, -0.05) is 15.9 Å². The van der Waals surface area contributed by atoms with E-state index in [1.807, 2.05) is 0 Å². The molecular weight excluding hydrogens is 202 g/mol. The van der Waals surface area contributed by atoms with Gasteiger partial charge in [0.25, 0.3) is 0 Å². The topological polar surface area (TPSA) is 60.8 Å². The standard InChI is InChI=1S/C5H6BrNO3/c6-3-1-7(5(9)10)2-4(3)8/h1,4,8H,2H2,(H,9,10). The Hall–Kier alpha value is -0.550. The number of halogens is 1. The van der Waals surface area contributed by atoms with Gasteiger partial charge in [-0.3, -0.25) is 4.90 Å². The molecule has 5 heteroatoms. The maximum atomic E-state index is 10.2. The van der Waals surface area contributed by atoms with Crippen LogP contribution in [0.2, 0.25) is 0 Å². The Balaban J connectivity index is 2.65. The zero-order chi connectivity index (χ0) is 7.72. The van der Waals surface area contributed by atoms with Crippen LogP contribution in [0.3, 0.4) is 0 Å². The molecule has 0 fully saturated rings. The van der Waals surface area contributed by atoms with Crippen molar-refractivity contribution in [3.8, 4) is 0 Å². The summed E-state index contributed by atoms with van der Waals surface area (Å²) in [4.78, 5) is 11.3. The molecule has 0 aromatic heterocycles. The van der Waals surface area contributed by atoms with Gasteiger partial charge in [-0.15, -0.1) is 0 Å². The average molecular weight is 208 g/mol. The van der Waals surface area contributed by atoms with E-state index in [-0.39, 0.29) is 6.54 Å². The maximum absolute atomic E-state index is 10.2. The number of carboxylic acid groups (broad SMARTS) is 1. The lowest BCUT2D eigenvalue weighted by molar-refractivity contribution is 0.146. The number of hydrogen-bond acceptors (Lipinski definition) is 2. The minimum Gasteiger partial charge on any atom is -0.465 e. The first-order valence-electron chi connectivity index (χ1n) is 2.66. The van der Waals surface area contributed by atoms with Gasteiger partial charge in [-0.05, 0) is 0 Å². The smallest absolute Gasteiger partial charge is 0.411 e. The van der Waals surface area contributed by atoms with Crippen molar-refractivity contribution in [3.63, 3.8) is 0 Å². The van der Waals surface area contributed by atoms with Crippen LogP contribution in [-0.4, -0.2) is 33.9 Å². The van der Waals surface area contributed by atoms with Crippen molar-refractivity contribution in [1.29, 1.82) is 0 Å². The van der Waals surface area contributed by atoms with Gasteiger partial charge < -0.3 is 10.2 Å². The Morgan fingerprint density at radius 2 is 2.50 bits per heavy atom. The fourth-order valence-electron chi connectivity index (χ4n) is 0.694. The van der Waals surface area contributed by atoms with Crippen LogP contribution < -0.4 is 0 Å². The summed E-state index contributed by atoms with van der Waals surface area (Å²) in [6.07, 6.45) is -0.392. The van der Waals surface area contributed by atoms with Crippen LogP contribution >= 0.6 is 15.9 Å². The number of aliphatic hydroxyl groups is 1. The summed E-state index contributed by atoms with van der Waals surface area (Å²) in [5.74, 6) is 0. The SMILES string of the molecule is O=C(O)N1C=C(Br)C(O)C1. The van der Waals surface area contributed by atoms with Crippen molar-refractivity contribution in [1.82, 2.24) is 4.90 Å². The zero-order valence-electron chi connectivity index (χ0n) is 4.99. The number of carbonyl (C=O) groups is 1. The van der Waals surface area contributed by atoms with E-state index in [0.717, 1.165) is 4.90 Å². The summed E-state index contributed by atoms with van der Waals surface area (Å²) in [6, 6.07) is 0. The molecule has 0 bridgehead atoms. The van der Waals surface area contributed by atoms with Crippen LogP contribution in [0, 0.1) is 0 Å².